The van der Waals surface area contributed by atoms with Crippen molar-refractivity contribution in [2.45, 2.75) is 25.0 Å². The van der Waals surface area contributed by atoms with Crippen molar-refractivity contribution < 1.29 is 19.0 Å². The van der Waals surface area contributed by atoms with Crippen molar-refractivity contribution in [1.82, 2.24) is 0 Å². The van der Waals surface area contributed by atoms with Gasteiger partial charge in [-0.1, -0.05) is 0 Å². The van der Waals surface area contributed by atoms with Gasteiger partial charge in [-0.05, 0) is 0 Å². The summed E-state index contributed by atoms with van der Waals surface area (Å²) < 4.78 is 15.1. The van der Waals surface area contributed by atoms with E-state index in [9.17, 15) is 4.79 Å². The number of hydrogen-bond donors (Lipinski definition) is 1. The van der Waals surface area contributed by atoms with Crippen LogP contribution < -0.4 is 5.73 Å². The van der Waals surface area contributed by atoms with Gasteiger partial charge in [-0.3, -0.25) is 4.79 Å². The van der Waals surface area contributed by atoms with E-state index in [-0.39, 0.29) is 12.7 Å². The van der Waals surface area contributed by atoms with Crippen LogP contribution in [0.1, 0.15) is 12.8 Å². The summed E-state index contributed by atoms with van der Waals surface area (Å²) in [7, 11) is 1.50. The SMILES string of the molecule is COCC(N)C(=O)OC1CCOCC1. The fraction of sp³-hybridized carbons (Fsp3) is 0.889. The number of esters is 1. The Bertz CT molecular complexity index is 180. The summed E-state index contributed by atoms with van der Waals surface area (Å²) in [6.07, 6.45) is 1.47. The fourth-order valence-corrected chi connectivity index (χ4v) is 1.29. The first-order chi connectivity index (χ1) is 6.74. The molecule has 1 aliphatic heterocycles. The van der Waals surface area contributed by atoms with Gasteiger partial charge in [-0.15, -0.1) is 0 Å². The zero-order chi connectivity index (χ0) is 10.4. The van der Waals surface area contributed by atoms with Crippen LogP contribution in [0.25, 0.3) is 0 Å². The van der Waals surface area contributed by atoms with E-state index >= 15 is 0 Å². The van der Waals surface area contributed by atoms with Gasteiger partial charge in [-0.2, -0.15) is 0 Å². The van der Waals surface area contributed by atoms with E-state index in [2.05, 4.69) is 0 Å². The standard InChI is InChI=1S/C9H17NO4/c1-12-6-8(10)9(11)14-7-2-4-13-5-3-7/h7-8H,2-6,10H2,1H3. The molecule has 82 valence electrons. The van der Waals surface area contributed by atoms with E-state index in [1.165, 1.54) is 7.11 Å². The third-order valence-electron chi connectivity index (χ3n) is 2.10. The van der Waals surface area contributed by atoms with Gasteiger partial charge in [0.15, 0.2) is 0 Å². The molecule has 1 rings (SSSR count). The number of ether oxygens (including phenoxy) is 3. The quantitative estimate of drug-likeness (QED) is 0.634. The van der Waals surface area contributed by atoms with E-state index in [1.807, 2.05) is 0 Å². The Morgan fingerprint density at radius 3 is 2.79 bits per heavy atom. The highest BCUT2D eigenvalue weighted by Crippen LogP contribution is 2.11. The summed E-state index contributed by atoms with van der Waals surface area (Å²) >= 11 is 0. The highest BCUT2D eigenvalue weighted by Gasteiger charge is 2.21. The normalized spacial score (nSPS) is 20.4. The second-order valence-electron chi connectivity index (χ2n) is 3.31. The lowest BCUT2D eigenvalue weighted by Crippen LogP contribution is -2.39. The molecule has 1 heterocycles. The van der Waals surface area contributed by atoms with Crippen LogP contribution in [0.4, 0.5) is 0 Å². The smallest absolute Gasteiger partial charge is 0.325 e. The maximum atomic E-state index is 11.3. The molecule has 0 aliphatic carbocycles. The Labute approximate surface area is 83.5 Å². The molecule has 0 spiro atoms. The summed E-state index contributed by atoms with van der Waals surface area (Å²) in [4.78, 5) is 11.3. The molecule has 14 heavy (non-hydrogen) atoms. The van der Waals surface area contributed by atoms with E-state index in [1.54, 1.807) is 0 Å². The summed E-state index contributed by atoms with van der Waals surface area (Å²) in [6.45, 7) is 1.50. The number of rotatable bonds is 4. The Morgan fingerprint density at radius 2 is 2.21 bits per heavy atom. The lowest BCUT2D eigenvalue weighted by Gasteiger charge is -2.23. The Hall–Kier alpha value is -0.650. The van der Waals surface area contributed by atoms with Gasteiger partial charge in [0.05, 0.1) is 19.8 Å². The van der Waals surface area contributed by atoms with E-state index < -0.39 is 12.0 Å². The number of carbonyl (C=O) groups is 1. The topological polar surface area (TPSA) is 70.8 Å². The molecule has 1 unspecified atom stereocenters. The van der Waals surface area contributed by atoms with Crippen molar-refractivity contribution in [2.75, 3.05) is 26.9 Å². The van der Waals surface area contributed by atoms with Crippen molar-refractivity contribution in [3.8, 4) is 0 Å². The molecule has 1 aliphatic rings. The van der Waals surface area contributed by atoms with Crippen molar-refractivity contribution in [1.29, 1.82) is 0 Å². The van der Waals surface area contributed by atoms with Gasteiger partial charge in [0, 0.05) is 20.0 Å². The summed E-state index contributed by atoms with van der Waals surface area (Å²) in [5.74, 6) is -0.390. The van der Waals surface area contributed by atoms with Gasteiger partial charge >= 0.3 is 5.97 Å². The lowest BCUT2D eigenvalue weighted by atomic mass is 10.1. The highest BCUT2D eigenvalue weighted by molar-refractivity contribution is 5.75. The molecule has 0 aromatic rings. The van der Waals surface area contributed by atoms with Crippen LogP contribution in [0.15, 0.2) is 0 Å². The molecule has 5 nitrogen and oxygen atoms in total. The number of carbonyl (C=O) groups excluding carboxylic acids is 1. The fourth-order valence-electron chi connectivity index (χ4n) is 1.29. The van der Waals surface area contributed by atoms with Crippen LogP contribution in [0.3, 0.4) is 0 Å². The van der Waals surface area contributed by atoms with Crippen LogP contribution in [0.2, 0.25) is 0 Å². The van der Waals surface area contributed by atoms with Crippen molar-refractivity contribution in [3.05, 3.63) is 0 Å². The molecule has 2 N–H and O–H groups in total. The Morgan fingerprint density at radius 1 is 1.57 bits per heavy atom. The van der Waals surface area contributed by atoms with Crippen molar-refractivity contribution in [2.24, 2.45) is 5.73 Å². The summed E-state index contributed by atoms with van der Waals surface area (Å²) in [6, 6.07) is -0.678. The molecular formula is C9H17NO4. The first-order valence-corrected chi connectivity index (χ1v) is 4.76. The third kappa shape index (κ3) is 3.61. The average Bonchev–Trinajstić information content (AvgIpc) is 2.19. The number of hydrogen-bond acceptors (Lipinski definition) is 5. The maximum Gasteiger partial charge on any atom is 0.325 e. The van der Waals surface area contributed by atoms with Gasteiger partial charge in [0.1, 0.15) is 12.1 Å². The van der Waals surface area contributed by atoms with Crippen molar-refractivity contribution in [3.63, 3.8) is 0 Å². The highest BCUT2D eigenvalue weighted by atomic mass is 16.6. The molecule has 0 saturated carbocycles. The molecule has 1 saturated heterocycles. The second-order valence-corrected chi connectivity index (χ2v) is 3.31. The first-order valence-electron chi connectivity index (χ1n) is 4.76. The predicted octanol–water partition coefficient (Wildman–Crippen LogP) is -0.318. The van der Waals surface area contributed by atoms with E-state index in [4.69, 9.17) is 19.9 Å². The molecule has 0 radical (unpaired) electrons. The summed E-state index contributed by atoms with van der Waals surface area (Å²) in [5, 5.41) is 0. The predicted molar refractivity (Wildman–Crippen MR) is 49.8 cm³/mol. The van der Waals surface area contributed by atoms with Gasteiger partial charge < -0.3 is 19.9 Å². The molecule has 0 bridgehead atoms. The Kier molecular flexibility index (Phi) is 4.86. The monoisotopic (exact) mass is 203 g/mol. The molecular weight excluding hydrogens is 186 g/mol. The second kappa shape index (κ2) is 5.95. The Balaban J connectivity index is 2.24. The first kappa shape index (κ1) is 11.4. The van der Waals surface area contributed by atoms with Gasteiger partial charge in [0.2, 0.25) is 0 Å². The number of nitrogens with two attached hydrogens (primary N) is 1. The average molecular weight is 203 g/mol. The van der Waals surface area contributed by atoms with Crippen LogP contribution in [-0.4, -0.2) is 45.0 Å². The molecule has 1 fully saturated rings. The largest absolute Gasteiger partial charge is 0.461 e. The lowest BCUT2D eigenvalue weighted by molar-refractivity contribution is -0.155. The molecule has 0 amide bonds. The van der Waals surface area contributed by atoms with Gasteiger partial charge in [-0.25, -0.2) is 0 Å². The van der Waals surface area contributed by atoms with Crippen LogP contribution >= 0.6 is 0 Å². The third-order valence-corrected chi connectivity index (χ3v) is 2.10. The minimum atomic E-state index is -0.678. The van der Waals surface area contributed by atoms with Crippen LogP contribution in [0, 0.1) is 0 Å². The maximum absolute atomic E-state index is 11.3. The van der Waals surface area contributed by atoms with Crippen LogP contribution in [0.5, 0.6) is 0 Å². The zero-order valence-electron chi connectivity index (χ0n) is 8.40. The molecule has 0 aromatic carbocycles. The molecule has 5 heteroatoms. The minimum absolute atomic E-state index is 0.0424. The van der Waals surface area contributed by atoms with Gasteiger partial charge in [0.25, 0.3) is 0 Å². The molecule has 1 atom stereocenters. The zero-order valence-corrected chi connectivity index (χ0v) is 8.40. The number of methoxy groups -OCH3 is 1. The van der Waals surface area contributed by atoms with Crippen molar-refractivity contribution >= 4 is 5.97 Å². The molecule has 0 aromatic heterocycles. The minimum Gasteiger partial charge on any atom is -0.461 e. The van der Waals surface area contributed by atoms with Crippen LogP contribution in [-0.2, 0) is 19.0 Å². The summed E-state index contributed by atoms with van der Waals surface area (Å²) in [5.41, 5.74) is 5.51. The van der Waals surface area contributed by atoms with E-state index in [0.29, 0.717) is 13.2 Å². The van der Waals surface area contributed by atoms with E-state index in [0.717, 1.165) is 12.8 Å².